The third kappa shape index (κ3) is 8.85. The number of ether oxygens (including phenoxy) is 3. The number of benzene rings is 3. The van der Waals surface area contributed by atoms with Crippen LogP contribution in [0.25, 0.3) is 5.57 Å². The summed E-state index contributed by atoms with van der Waals surface area (Å²) in [5.74, 6) is -0.0998. The Labute approximate surface area is 242 Å². The van der Waals surface area contributed by atoms with Gasteiger partial charge in [0.15, 0.2) is 0 Å². The van der Waals surface area contributed by atoms with Crippen LogP contribution >= 0.6 is 0 Å². The van der Waals surface area contributed by atoms with Gasteiger partial charge in [-0.2, -0.15) is 13.2 Å². The molecular weight excluding hydrogens is 553 g/mol. The third-order valence-corrected chi connectivity index (χ3v) is 5.79. The van der Waals surface area contributed by atoms with Crippen LogP contribution in [0.2, 0.25) is 0 Å². The zero-order valence-corrected chi connectivity index (χ0v) is 23.6. The molecule has 3 aromatic rings. The topological polar surface area (TPSA) is 87.9 Å². The minimum absolute atomic E-state index is 0.0315. The van der Waals surface area contributed by atoms with E-state index < -0.39 is 17.7 Å². The third-order valence-electron chi connectivity index (χ3n) is 5.79. The van der Waals surface area contributed by atoms with Crippen molar-refractivity contribution in [3.05, 3.63) is 107 Å². The highest BCUT2D eigenvalue weighted by Gasteiger charge is 2.30. The van der Waals surface area contributed by atoms with Crippen molar-refractivity contribution >= 4 is 23.0 Å². The highest BCUT2D eigenvalue weighted by atomic mass is 19.4. The molecule has 0 atom stereocenters. The summed E-state index contributed by atoms with van der Waals surface area (Å²) >= 11 is 0. The fraction of sp³-hybridized carbons (Fsp3) is 0.258. The molecule has 0 aliphatic carbocycles. The van der Waals surface area contributed by atoms with Gasteiger partial charge in [0.1, 0.15) is 42.6 Å². The second-order valence-electron chi connectivity index (χ2n) is 8.73. The number of halogens is 3. The molecule has 3 aromatic carbocycles. The Hall–Kier alpha value is -4.80. The summed E-state index contributed by atoms with van der Waals surface area (Å²) in [7, 11) is 2.72. The monoisotopic (exact) mass is 584 g/mol. The zero-order valence-electron chi connectivity index (χ0n) is 23.6. The molecule has 0 N–H and O–H groups in total. The summed E-state index contributed by atoms with van der Waals surface area (Å²) in [6.45, 7) is 3.82. The molecule has 0 aliphatic heterocycles. The molecule has 3 rings (SSSR count). The van der Waals surface area contributed by atoms with Crippen LogP contribution in [0, 0.1) is 0 Å². The second-order valence-corrected chi connectivity index (χ2v) is 8.73. The molecule has 0 bridgehead atoms. The predicted octanol–water partition coefficient (Wildman–Crippen LogP) is 6.78. The van der Waals surface area contributed by atoms with Gasteiger partial charge in [-0.05, 0) is 61.4 Å². The van der Waals surface area contributed by atoms with E-state index in [2.05, 4.69) is 10.3 Å². The summed E-state index contributed by atoms with van der Waals surface area (Å²) in [4.78, 5) is 23.2. The molecule has 0 saturated heterocycles. The van der Waals surface area contributed by atoms with Gasteiger partial charge in [0.2, 0.25) is 0 Å². The lowest BCUT2D eigenvalue weighted by atomic mass is 10.0. The lowest BCUT2D eigenvalue weighted by molar-refractivity contribution is -0.137. The Morgan fingerprint density at radius 1 is 0.905 bits per heavy atom. The van der Waals surface area contributed by atoms with Crippen molar-refractivity contribution in [3.63, 3.8) is 0 Å². The molecule has 0 aromatic heterocycles. The average molecular weight is 585 g/mol. The lowest BCUT2D eigenvalue weighted by Gasteiger charge is -2.12. The van der Waals surface area contributed by atoms with Crippen molar-refractivity contribution < 1.29 is 41.9 Å². The molecule has 0 fully saturated rings. The Bertz CT molecular complexity index is 1430. The van der Waals surface area contributed by atoms with Crippen molar-refractivity contribution in [3.8, 4) is 5.75 Å². The number of rotatable bonds is 13. The second kappa shape index (κ2) is 15.3. The highest BCUT2D eigenvalue weighted by molar-refractivity contribution is 6.47. The van der Waals surface area contributed by atoms with E-state index in [0.29, 0.717) is 46.0 Å². The molecule has 8 nitrogen and oxygen atoms in total. The number of carbonyl (C=O) groups excluding carboxylic acids is 1. The number of carbonyl (C=O) groups is 1. The number of methoxy groups -OCH3 is 2. The molecule has 0 aliphatic rings. The average Bonchev–Trinajstić information content (AvgIpc) is 2.99. The molecule has 0 radical (unpaired) electrons. The van der Waals surface area contributed by atoms with Crippen LogP contribution in [0.1, 0.15) is 41.7 Å². The van der Waals surface area contributed by atoms with Gasteiger partial charge >= 0.3 is 12.1 Å². The number of hydrogen-bond donors (Lipinski definition) is 0. The zero-order chi connectivity index (χ0) is 30.5. The first-order chi connectivity index (χ1) is 20.2. The van der Waals surface area contributed by atoms with Crippen LogP contribution in [0.3, 0.4) is 0 Å². The van der Waals surface area contributed by atoms with Crippen molar-refractivity contribution in [2.45, 2.75) is 33.2 Å². The van der Waals surface area contributed by atoms with Crippen LogP contribution in [-0.2, 0) is 43.3 Å². The standard InChI is InChI=1S/C31H31F3N2O6/c1-5-41-36-29(21(2)35-42-19-24-10-6-7-12-27(24)28(20-38-3)30(37)39-4)23-13-15-26(16-14-23)40-18-22-9-8-11-25(17-22)31(32,33)34/h6-17,20H,5,18-19H2,1-4H3/b28-20+,35-21+,36-29-. The maximum absolute atomic E-state index is 13.0. The first-order valence-electron chi connectivity index (χ1n) is 12.8. The van der Waals surface area contributed by atoms with E-state index in [1.165, 1.54) is 26.5 Å². The van der Waals surface area contributed by atoms with Gasteiger partial charge in [-0.15, -0.1) is 0 Å². The van der Waals surface area contributed by atoms with E-state index in [0.717, 1.165) is 12.1 Å². The van der Waals surface area contributed by atoms with Gasteiger partial charge in [0.05, 0.1) is 26.0 Å². The Kier molecular flexibility index (Phi) is 11.5. The van der Waals surface area contributed by atoms with Crippen LogP contribution < -0.4 is 4.74 Å². The van der Waals surface area contributed by atoms with Gasteiger partial charge in [-0.1, -0.05) is 46.7 Å². The normalized spacial score (nSPS) is 12.5. The number of oxime groups is 2. The Morgan fingerprint density at radius 3 is 2.31 bits per heavy atom. The summed E-state index contributed by atoms with van der Waals surface area (Å²) in [5.41, 5.74) is 2.61. The molecule has 42 heavy (non-hydrogen) atoms. The number of esters is 1. The van der Waals surface area contributed by atoms with Gasteiger partial charge in [-0.25, -0.2) is 4.79 Å². The molecule has 0 spiro atoms. The molecule has 222 valence electrons. The van der Waals surface area contributed by atoms with Gasteiger partial charge in [0.25, 0.3) is 0 Å². The van der Waals surface area contributed by atoms with Crippen LogP contribution in [0.4, 0.5) is 13.2 Å². The number of alkyl halides is 3. The number of hydrogen-bond acceptors (Lipinski definition) is 8. The van der Waals surface area contributed by atoms with E-state index in [-0.39, 0.29) is 18.8 Å². The summed E-state index contributed by atoms with van der Waals surface area (Å²) in [6.07, 6.45) is -3.12. The van der Waals surface area contributed by atoms with E-state index in [1.807, 2.05) is 0 Å². The first kappa shape index (κ1) is 31.7. The minimum Gasteiger partial charge on any atom is -0.503 e. The summed E-state index contributed by atoms with van der Waals surface area (Å²) in [6, 6.07) is 18.9. The summed E-state index contributed by atoms with van der Waals surface area (Å²) < 4.78 is 54.5. The Morgan fingerprint density at radius 2 is 1.64 bits per heavy atom. The van der Waals surface area contributed by atoms with Crippen LogP contribution in [-0.4, -0.2) is 38.2 Å². The Balaban J connectivity index is 1.73. The van der Waals surface area contributed by atoms with Gasteiger partial charge in [-0.3, -0.25) is 0 Å². The predicted molar refractivity (Wildman–Crippen MR) is 152 cm³/mol. The van der Waals surface area contributed by atoms with E-state index >= 15 is 0 Å². The van der Waals surface area contributed by atoms with E-state index in [9.17, 15) is 18.0 Å². The maximum atomic E-state index is 13.0. The largest absolute Gasteiger partial charge is 0.503 e. The quantitative estimate of drug-likeness (QED) is 0.0724. The van der Waals surface area contributed by atoms with Crippen molar-refractivity contribution in [2.75, 3.05) is 20.8 Å². The van der Waals surface area contributed by atoms with Gasteiger partial charge in [0, 0.05) is 11.1 Å². The van der Waals surface area contributed by atoms with Gasteiger partial charge < -0.3 is 23.9 Å². The molecule has 0 heterocycles. The van der Waals surface area contributed by atoms with E-state index in [4.69, 9.17) is 23.9 Å². The summed E-state index contributed by atoms with van der Waals surface area (Å²) in [5, 5.41) is 8.37. The maximum Gasteiger partial charge on any atom is 0.416 e. The molecule has 0 saturated carbocycles. The fourth-order valence-corrected chi connectivity index (χ4v) is 3.77. The lowest BCUT2D eigenvalue weighted by Crippen LogP contribution is -2.14. The van der Waals surface area contributed by atoms with E-state index in [1.54, 1.807) is 68.4 Å². The molecule has 0 unspecified atom stereocenters. The smallest absolute Gasteiger partial charge is 0.416 e. The fourth-order valence-electron chi connectivity index (χ4n) is 3.77. The van der Waals surface area contributed by atoms with Crippen molar-refractivity contribution in [2.24, 2.45) is 10.3 Å². The van der Waals surface area contributed by atoms with Crippen molar-refractivity contribution in [1.29, 1.82) is 0 Å². The number of nitrogens with zero attached hydrogens (tertiary/aromatic N) is 2. The SMILES string of the molecule is CCO/N=C(/C(C)=N/OCc1ccccc1/C(=C\OC)C(=O)OC)c1ccc(OCc2cccc(C(F)(F)F)c2)cc1. The van der Waals surface area contributed by atoms with Crippen molar-refractivity contribution in [1.82, 2.24) is 0 Å². The van der Waals surface area contributed by atoms with Crippen LogP contribution in [0.5, 0.6) is 5.75 Å². The first-order valence-corrected chi connectivity index (χ1v) is 12.8. The molecule has 11 heteroatoms. The van der Waals surface area contributed by atoms with Crippen LogP contribution in [0.15, 0.2) is 89.4 Å². The molecule has 0 amide bonds. The minimum atomic E-state index is -4.42. The molecular formula is C31H31F3N2O6. The highest BCUT2D eigenvalue weighted by Crippen LogP contribution is 2.30.